The Balaban J connectivity index is 1.82. The van der Waals surface area contributed by atoms with Crippen molar-refractivity contribution in [3.8, 4) is 10.6 Å². The van der Waals surface area contributed by atoms with Crippen molar-refractivity contribution < 1.29 is 27.2 Å². The Hall–Kier alpha value is -3.78. The lowest BCUT2D eigenvalue weighted by Gasteiger charge is -2.44. The molecule has 1 saturated heterocycles. The fourth-order valence-electron chi connectivity index (χ4n) is 4.28. The van der Waals surface area contributed by atoms with E-state index in [9.17, 15) is 27.6 Å². The van der Waals surface area contributed by atoms with E-state index in [1.54, 1.807) is 0 Å². The van der Waals surface area contributed by atoms with Gasteiger partial charge in [-0.25, -0.2) is 9.37 Å². The van der Waals surface area contributed by atoms with Gasteiger partial charge < -0.3 is 20.9 Å². The molecule has 1 aromatic carbocycles. The number of nitrogens with zero attached hydrogens (tertiary/aromatic N) is 3. The molecule has 2 atom stereocenters. The number of thiazole rings is 1. The molecule has 9 nitrogen and oxygen atoms in total. The predicted molar refractivity (Wildman–Crippen MR) is 135 cm³/mol. The second-order valence-electron chi connectivity index (χ2n) is 9.10. The minimum absolute atomic E-state index is 0.0329. The summed E-state index contributed by atoms with van der Waals surface area (Å²) in [6, 6.07) is 2.85. The van der Waals surface area contributed by atoms with Crippen LogP contribution in [-0.4, -0.2) is 58.9 Å². The maximum atomic E-state index is 15.4. The van der Waals surface area contributed by atoms with Crippen LogP contribution in [0.15, 0.2) is 34.6 Å². The molecule has 4 rings (SSSR count). The maximum absolute atomic E-state index is 15.4. The van der Waals surface area contributed by atoms with E-state index < -0.39 is 40.5 Å². The molecule has 2 aromatic heterocycles. The Labute approximate surface area is 218 Å². The van der Waals surface area contributed by atoms with Crippen molar-refractivity contribution in [2.24, 2.45) is 5.73 Å². The largest absolute Gasteiger partial charge is 0.417 e. The van der Waals surface area contributed by atoms with E-state index in [2.05, 4.69) is 20.2 Å². The van der Waals surface area contributed by atoms with Crippen LogP contribution in [-0.2, 0) is 6.18 Å². The number of halogens is 4. The number of rotatable bonds is 5. The summed E-state index contributed by atoms with van der Waals surface area (Å²) >= 11 is 0.946. The molecular weight excluding hydrogens is 528 g/mol. The summed E-state index contributed by atoms with van der Waals surface area (Å²) in [6.45, 7) is 4.86. The molecule has 4 N–H and O–H groups in total. The van der Waals surface area contributed by atoms with Crippen LogP contribution in [0.5, 0.6) is 0 Å². The topological polar surface area (TPSA) is 124 Å². The summed E-state index contributed by atoms with van der Waals surface area (Å²) in [4.78, 5) is 46.2. The van der Waals surface area contributed by atoms with Crippen molar-refractivity contribution in [2.75, 3.05) is 30.4 Å². The molecule has 3 heterocycles. The molecule has 1 aliphatic heterocycles. The van der Waals surface area contributed by atoms with Gasteiger partial charge in [0.15, 0.2) is 0 Å². The lowest BCUT2D eigenvalue weighted by atomic mass is 10.1. The van der Waals surface area contributed by atoms with E-state index in [0.717, 1.165) is 11.3 Å². The number of aromatic amines is 1. The monoisotopic (exact) mass is 552 g/mol. The third-order valence-electron chi connectivity index (χ3n) is 6.50. The van der Waals surface area contributed by atoms with Gasteiger partial charge in [-0.15, -0.1) is 11.3 Å². The van der Waals surface area contributed by atoms with Gasteiger partial charge in [0.05, 0.1) is 22.5 Å². The van der Waals surface area contributed by atoms with Crippen LogP contribution in [0, 0.1) is 5.82 Å². The number of hydrogen-bond acceptors (Lipinski definition) is 7. The SMILES string of the molecule is C[C@@H]1CN(c2cc(F)c(-c3nc(C(N)=O)cs3)cc2NC(=O)c2c[nH]c(=O)cc2C(F)(F)F)C[C@H](C)N1C. The average Bonchev–Trinajstić information content (AvgIpc) is 3.33. The van der Waals surface area contributed by atoms with Gasteiger partial charge in [-0.2, -0.15) is 13.2 Å². The number of primary amides is 1. The standard InChI is InChI=1S/C24H24F4N6O3S/c1-11-8-34(9-12(2)33(11)3)19-6-16(25)13(23-32-18(10-38-23)21(29)36)4-17(19)31-22(37)14-7-30-20(35)5-15(14)24(26,27)28/h4-7,10-12H,8-9H2,1-3H3,(H2,29,36)(H,30,35)(H,31,37)/t11-,12+. The number of piperazine rings is 1. The van der Waals surface area contributed by atoms with Gasteiger partial charge in [0, 0.05) is 54.4 Å². The minimum Gasteiger partial charge on any atom is -0.367 e. The molecule has 2 amide bonds. The van der Waals surface area contributed by atoms with Gasteiger partial charge >= 0.3 is 6.18 Å². The Morgan fingerprint density at radius 3 is 2.42 bits per heavy atom. The zero-order valence-electron chi connectivity index (χ0n) is 20.5. The lowest BCUT2D eigenvalue weighted by Crippen LogP contribution is -2.55. The number of alkyl halides is 3. The molecule has 0 saturated carbocycles. The van der Waals surface area contributed by atoms with E-state index in [4.69, 9.17) is 5.73 Å². The van der Waals surface area contributed by atoms with Crippen LogP contribution < -0.4 is 21.5 Å². The summed E-state index contributed by atoms with van der Waals surface area (Å²) in [5.74, 6) is -2.67. The number of aromatic nitrogens is 2. The van der Waals surface area contributed by atoms with E-state index in [0.29, 0.717) is 25.4 Å². The summed E-state index contributed by atoms with van der Waals surface area (Å²) < 4.78 is 56.1. The predicted octanol–water partition coefficient (Wildman–Crippen LogP) is 3.54. The smallest absolute Gasteiger partial charge is 0.367 e. The van der Waals surface area contributed by atoms with Crippen LogP contribution in [0.2, 0.25) is 0 Å². The number of pyridine rings is 1. The number of amides is 2. The summed E-state index contributed by atoms with van der Waals surface area (Å²) in [7, 11) is 1.95. The minimum atomic E-state index is -4.97. The lowest BCUT2D eigenvalue weighted by molar-refractivity contribution is -0.138. The van der Waals surface area contributed by atoms with Gasteiger partial charge in [-0.05, 0) is 27.0 Å². The molecule has 202 valence electrons. The van der Waals surface area contributed by atoms with Gasteiger partial charge in [-0.1, -0.05) is 0 Å². The third kappa shape index (κ3) is 5.41. The highest BCUT2D eigenvalue weighted by molar-refractivity contribution is 7.13. The number of nitrogens with two attached hydrogens (primary N) is 1. The molecule has 0 bridgehead atoms. The number of likely N-dealkylation sites (N-methyl/N-ethyl adjacent to an activating group) is 1. The van der Waals surface area contributed by atoms with E-state index in [-0.39, 0.29) is 39.7 Å². The molecule has 1 fully saturated rings. The van der Waals surface area contributed by atoms with Crippen LogP contribution in [0.25, 0.3) is 10.6 Å². The number of nitrogens with one attached hydrogen (secondary N) is 2. The Morgan fingerprint density at radius 2 is 1.84 bits per heavy atom. The van der Waals surface area contributed by atoms with E-state index >= 15 is 4.39 Å². The normalized spacial score (nSPS) is 18.4. The van der Waals surface area contributed by atoms with Crippen LogP contribution in [0.4, 0.5) is 28.9 Å². The Bertz CT molecular complexity index is 1440. The number of benzene rings is 1. The van der Waals surface area contributed by atoms with Crippen LogP contribution in [0.1, 0.15) is 40.3 Å². The number of H-pyrrole nitrogens is 1. The first kappa shape index (κ1) is 27.3. The first-order chi connectivity index (χ1) is 17.8. The molecule has 0 spiro atoms. The fourth-order valence-corrected chi connectivity index (χ4v) is 5.11. The molecular formula is C24H24F4N6O3S. The first-order valence-corrected chi connectivity index (χ1v) is 12.3. The van der Waals surface area contributed by atoms with Gasteiger partial charge in [-0.3, -0.25) is 19.3 Å². The zero-order valence-corrected chi connectivity index (χ0v) is 21.3. The molecule has 0 unspecified atom stereocenters. The van der Waals surface area contributed by atoms with Crippen molar-refractivity contribution in [1.29, 1.82) is 0 Å². The maximum Gasteiger partial charge on any atom is 0.417 e. The van der Waals surface area contributed by atoms with Crippen molar-refractivity contribution >= 4 is 34.5 Å². The average molecular weight is 553 g/mol. The highest BCUT2D eigenvalue weighted by Crippen LogP contribution is 2.38. The Kier molecular flexibility index (Phi) is 7.30. The second-order valence-corrected chi connectivity index (χ2v) is 9.95. The molecule has 38 heavy (non-hydrogen) atoms. The van der Waals surface area contributed by atoms with Gasteiger partial charge in [0.25, 0.3) is 11.8 Å². The van der Waals surface area contributed by atoms with Crippen LogP contribution >= 0.6 is 11.3 Å². The number of anilines is 2. The Morgan fingerprint density at radius 1 is 1.18 bits per heavy atom. The van der Waals surface area contributed by atoms with Gasteiger partial charge in [0.2, 0.25) is 5.56 Å². The fraction of sp³-hybridized carbons (Fsp3) is 0.333. The quantitative estimate of drug-likeness (QED) is 0.416. The number of hydrogen-bond donors (Lipinski definition) is 3. The summed E-state index contributed by atoms with van der Waals surface area (Å²) in [6.07, 6.45) is -4.28. The molecule has 0 aliphatic carbocycles. The van der Waals surface area contributed by atoms with E-state index in [1.165, 1.54) is 17.5 Å². The second kappa shape index (κ2) is 10.2. The highest BCUT2D eigenvalue weighted by atomic mass is 32.1. The zero-order chi connectivity index (χ0) is 27.9. The van der Waals surface area contributed by atoms with Crippen molar-refractivity contribution in [2.45, 2.75) is 32.1 Å². The van der Waals surface area contributed by atoms with E-state index in [1.807, 2.05) is 25.8 Å². The number of carbonyl (C=O) groups excluding carboxylic acids is 2. The van der Waals surface area contributed by atoms with Gasteiger partial charge in [0.1, 0.15) is 16.5 Å². The number of carbonyl (C=O) groups is 2. The van der Waals surface area contributed by atoms with Crippen molar-refractivity contribution in [3.63, 3.8) is 0 Å². The summed E-state index contributed by atoms with van der Waals surface area (Å²) in [5.41, 5.74) is 2.15. The molecule has 14 heteroatoms. The molecule has 3 aromatic rings. The molecule has 1 aliphatic rings. The molecule has 0 radical (unpaired) electrons. The van der Waals surface area contributed by atoms with Crippen molar-refractivity contribution in [1.82, 2.24) is 14.9 Å². The third-order valence-corrected chi connectivity index (χ3v) is 7.37. The highest BCUT2D eigenvalue weighted by Gasteiger charge is 2.36. The van der Waals surface area contributed by atoms with Crippen LogP contribution in [0.3, 0.4) is 0 Å². The summed E-state index contributed by atoms with van der Waals surface area (Å²) in [5, 5.41) is 3.91. The van der Waals surface area contributed by atoms with Crippen molar-refractivity contribution in [3.05, 3.63) is 62.8 Å². The first-order valence-electron chi connectivity index (χ1n) is 11.4.